The number of anilines is 1. The minimum atomic E-state index is -0.592. The summed E-state index contributed by atoms with van der Waals surface area (Å²) in [7, 11) is 0. The molecule has 0 unspecified atom stereocenters. The summed E-state index contributed by atoms with van der Waals surface area (Å²) in [6.45, 7) is 3.57. The molecule has 1 aromatic carbocycles. The fourth-order valence-corrected chi connectivity index (χ4v) is 4.11. The molecule has 0 radical (unpaired) electrons. The first-order chi connectivity index (χ1) is 12.7. The van der Waals surface area contributed by atoms with E-state index in [2.05, 4.69) is 15.2 Å². The van der Waals surface area contributed by atoms with Crippen LogP contribution in [0.15, 0.2) is 46.9 Å². The molecular formula is C18H16N4O2S2. The van der Waals surface area contributed by atoms with Gasteiger partial charge in [0, 0.05) is 12.5 Å². The molecule has 0 saturated heterocycles. The smallest absolute Gasteiger partial charge is 0.247 e. The van der Waals surface area contributed by atoms with E-state index in [1.54, 1.807) is 4.90 Å². The minimum absolute atomic E-state index is 0.111. The van der Waals surface area contributed by atoms with Crippen LogP contribution in [0.3, 0.4) is 0 Å². The quantitative estimate of drug-likeness (QED) is 0.632. The zero-order valence-electron chi connectivity index (χ0n) is 14.2. The predicted molar refractivity (Wildman–Crippen MR) is 103 cm³/mol. The number of benzene rings is 1. The van der Waals surface area contributed by atoms with Crippen LogP contribution in [-0.2, 0) is 4.79 Å². The molecule has 1 aliphatic rings. The number of nitrogens with zero attached hydrogens (tertiary/aromatic N) is 4. The maximum atomic E-state index is 12.5. The van der Waals surface area contributed by atoms with Gasteiger partial charge in [0.05, 0.1) is 10.6 Å². The molecule has 3 heterocycles. The van der Waals surface area contributed by atoms with Crippen molar-refractivity contribution >= 4 is 34.7 Å². The van der Waals surface area contributed by atoms with Crippen LogP contribution in [0.2, 0.25) is 0 Å². The van der Waals surface area contributed by atoms with Crippen molar-refractivity contribution in [3.8, 4) is 17.1 Å². The monoisotopic (exact) mass is 384 g/mol. The molecule has 0 spiro atoms. The first-order valence-electron chi connectivity index (χ1n) is 8.15. The number of fused-ring (bicyclic) bond motifs is 3. The summed E-state index contributed by atoms with van der Waals surface area (Å²) >= 11 is 3.04. The van der Waals surface area contributed by atoms with Gasteiger partial charge in [0.1, 0.15) is 0 Å². The van der Waals surface area contributed by atoms with E-state index >= 15 is 0 Å². The summed E-state index contributed by atoms with van der Waals surface area (Å²) in [5.74, 6) is 1.12. The van der Waals surface area contributed by atoms with Crippen molar-refractivity contribution in [1.82, 2.24) is 15.2 Å². The van der Waals surface area contributed by atoms with Gasteiger partial charge >= 0.3 is 0 Å². The number of rotatable bonds is 3. The number of amides is 1. The van der Waals surface area contributed by atoms with Crippen LogP contribution in [0.4, 0.5) is 5.69 Å². The van der Waals surface area contributed by atoms with Gasteiger partial charge in [0.2, 0.25) is 23.2 Å². The van der Waals surface area contributed by atoms with Crippen LogP contribution >= 0.6 is 23.1 Å². The lowest BCUT2D eigenvalue weighted by molar-refractivity contribution is -0.118. The topological polar surface area (TPSA) is 68.2 Å². The van der Waals surface area contributed by atoms with Crippen molar-refractivity contribution in [3.05, 3.63) is 46.7 Å². The first-order valence-corrected chi connectivity index (χ1v) is 10.0. The third-order valence-corrected chi connectivity index (χ3v) is 5.53. The van der Waals surface area contributed by atoms with Crippen molar-refractivity contribution < 1.29 is 9.53 Å². The van der Waals surface area contributed by atoms with Gasteiger partial charge < -0.3 is 4.74 Å². The number of ether oxygens (including phenoxy) is 1. The third-order valence-electron chi connectivity index (χ3n) is 3.91. The summed E-state index contributed by atoms with van der Waals surface area (Å²) in [5, 5.41) is 11.1. The van der Waals surface area contributed by atoms with Gasteiger partial charge in [0.25, 0.3) is 0 Å². The number of thioether (sulfide) groups is 1. The highest BCUT2D eigenvalue weighted by atomic mass is 32.2. The molecule has 8 heteroatoms. The minimum Gasteiger partial charge on any atom is -0.446 e. The second-order valence-corrected chi connectivity index (χ2v) is 7.78. The molecule has 0 N–H and O–H groups in total. The summed E-state index contributed by atoms with van der Waals surface area (Å²) in [6, 6.07) is 11.5. The van der Waals surface area contributed by atoms with E-state index < -0.39 is 6.23 Å². The van der Waals surface area contributed by atoms with Crippen LogP contribution in [0, 0.1) is 0 Å². The Bertz CT molecular complexity index is 946. The van der Waals surface area contributed by atoms with E-state index in [0.717, 1.165) is 21.9 Å². The lowest BCUT2D eigenvalue weighted by Crippen LogP contribution is -2.35. The number of hydrogen-bond donors (Lipinski definition) is 0. The maximum absolute atomic E-state index is 12.5. The molecule has 1 atom stereocenters. The molecule has 0 aliphatic carbocycles. The largest absolute Gasteiger partial charge is 0.446 e. The van der Waals surface area contributed by atoms with Crippen molar-refractivity contribution in [1.29, 1.82) is 0 Å². The molecule has 132 valence electrons. The van der Waals surface area contributed by atoms with Gasteiger partial charge in [-0.3, -0.25) is 9.69 Å². The lowest BCUT2D eigenvalue weighted by Gasteiger charge is -2.28. The van der Waals surface area contributed by atoms with Gasteiger partial charge in [-0.05, 0) is 23.3 Å². The lowest BCUT2D eigenvalue weighted by atomic mass is 10.1. The van der Waals surface area contributed by atoms with E-state index in [-0.39, 0.29) is 5.91 Å². The van der Waals surface area contributed by atoms with E-state index in [1.807, 2.05) is 48.7 Å². The zero-order valence-corrected chi connectivity index (χ0v) is 15.9. The Morgan fingerprint density at radius 3 is 2.85 bits per heavy atom. The third kappa shape index (κ3) is 2.95. The van der Waals surface area contributed by atoms with E-state index in [9.17, 15) is 4.79 Å². The van der Waals surface area contributed by atoms with Crippen molar-refractivity contribution in [2.45, 2.75) is 25.2 Å². The van der Waals surface area contributed by atoms with Gasteiger partial charge in [-0.2, -0.15) is 4.98 Å². The van der Waals surface area contributed by atoms with Gasteiger partial charge in [0.15, 0.2) is 5.69 Å². The standard InChI is InChI=1S/C18H16N4O2S2/c1-3-25-18-19-16-15(20-21-18)12-7-4-5-8-13(12)22(11(2)23)17(24-16)14-9-6-10-26-14/h4-10,17H,3H2,1-2H3/t17-/m0/s1. The number of thiophene rings is 1. The fourth-order valence-electron chi connectivity index (χ4n) is 2.86. The number of aromatic nitrogens is 3. The van der Waals surface area contributed by atoms with Gasteiger partial charge in [-0.1, -0.05) is 43.0 Å². The molecule has 0 saturated carbocycles. The Labute approximate surface area is 159 Å². The Morgan fingerprint density at radius 2 is 2.12 bits per heavy atom. The van der Waals surface area contributed by atoms with Crippen molar-refractivity contribution in [2.75, 3.05) is 10.7 Å². The maximum Gasteiger partial charge on any atom is 0.247 e. The second kappa shape index (κ2) is 7.05. The molecule has 26 heavy (non-hydrogen) atoms. The summed E-state index contributed by atoms with van der Waals surface area (Å²) in [4.78, 5) is 19.7. The van der Waals surface area contributed by atoms with E-state index in [4.69, 9.17) is 4.74 Å². The van der Waals surface area contributed by atoms with Crippen LogP contribution in [-0.4, -0.2) is 26.8 Å². The second-order valence-electron chi connectivity index (χ2n) is 5.57. The normalized spacial score (nSPS) is 15.6. The van der Waals surface area contributed by atoms with Gasteiger partial charge in [-0.15, -0.1) is 21.5 Å². The average Bonchev–Trinajstić information content (AvgIpc) is 3.12. The Kier molecular flexibility index (Phi) is 4.60. The van der Waals surface area contributed by atoms with E-state index in [1.165, 1.54) is 30.0 Å². The number of hydrogen-bond acceptors (Lipinski definition) is 7. The Morgan fingerprint density at radius 1 is 1.27 bits per heavy atom. The Hall–Kier alpha value is -2.45. The van der Waals surface area contributed by atoms with E-state index in [0.29, 0.717) is 16.7 Å². The molecule has 1 aliphatic heterocycles. The highest BCUT2D eigenvalue weighted by molar-refractivity contribution is 7.99. The summed E-state index contributed by atoms with van der Waals surface area (Å²) < 4.78 is 6.23. The molecule has 3 aromatic rings. The molecule has 1 amide bonds. The van der Waals surface area contributed by atoms with Crippen molar-refractivity contribution in [2.24, 2.45) is 0 Å². The number of carbonyl (C=O) groups is 1. The summed E-state index contributed by atoms with van der Waals surface area (Å²) in [5.41, 5.74) is 2.07. The van der Waals surface area contributed by atoms with Crippen molar-refractivity contribution in [3.63, 3.8) is 0 Å². The molecule has 6 nitrogen and oxygen atoms in total. The summed E-state index contributed by atoms with van der Waals surface area (Å²) in [6.07, 6.45) is -0.592. The highest BCUT2D eigenvalue weighted by Gasteiger charge is 2.34. The first kappa shape index (κ1) is 17.0. The molecule has 0 bridgehead atoms. The number of carbonyl (C=O) groups excluding carboxylic acids is 1. The fraction of sp³-hybridized carbons (Fsp3) is 0.222. The van der Waals surface area contributed by atoms with Crippen LogP contribution in [0.5, 0.6) is 5.88 Å². The number of para-hydroxylation sites is 1. The molecular weight excluding hydrogens is 368 g/mol. The average molecular weight is 384 g/mol. The van der Waals surface area contributed by atoms with Crippen LogP contribution in [0.1, 0.15) is 25.0 Å². The van der Waals surface area contributed by atoms with Crippen LogP contribution in [0.25, 0.3) is 11.3 Å². The van der Waals surface area contributed by atoms with Crippen LogP contribution < -0.4 is 9.64 Å². The Balaban J connectivity index is 1.94. The van der Waals surface area contributed by atoms with Gasteiger partial charge in [-0.25, -0.2) is 0 Å². The predicted octanol–water partition coefficient (Wildman–Crippen LogP) is 4.16. The zero-order chi connectivity index (χ0) is 18.1. The molecule has 2 aromatic heterocycles. The molecule has 4 rings (SSSR count). The molecule has 0 fully saturated rings. The SMILES string of the molecule is CCSc1nnc2c(n1)O[C@@H](c1cccs1)N(C(C)=O)c1ccccc1-2. The highest BCUT2D eigenvalue weighted by Crippen LogP contribution is 2.43.